The molecule has 3 rings (SSSR count). The van der Waals surface area contributed by atoms with Crippen LogP contribution in [0.4, 0.5) is 4.79 Å². The first kappa shape index (κ1) is 16.1. The van der Waals surface area contributed by atoms with Crippen molar-refractivity contribution in [3.05, 3.63) is 0 Å². The van der Waals surface area contributed by atoms with Crippen LogP contribution in [-0.4, -0.2) is 38.4 Å². The van der Waals surface area contributed by atoms with Gasteiger partial charge in [-0.1, -0.05) is 32.1 Å². The first-order valence-corrected chi connectivity index (χ1v) is 8.74. The maximum atomic E-state index is 11.7. The molecular weight excluding hydrogens is 284 g/mol. The maximum absolute atomic E-state index is 11.7. The van der Waals surface area contributed by atoms with Crippen LogP contribution in [0.3, 0.4) is 0 Å². The molecule has 1 aliphatic heterocycles. The lowest BCUT2D eigenvalue weighted by molar-refractivity contribution is -0.205. The Morgan fingerprint density at radius 3 is 2.14 bits per heavy atom. The molecule has 0 aromatic heterocycles. The molecule has 0 spiro atoms. The van der Waals surface area contributed by atoms with Gasteiger partial charge in [0, 0.05) is 0 Å². The van der Waals surface area contributed by atoms with E-state index in [0.29, 0.717) is 13.2 Å². The second-order valence-electron chi connectivity index (χ2n) is 6.93. The van der Waals surface area contributed by atoms with Gasteiger partial charge in [0.05, 0.1) is 20.3 Å². The highest BCUT2D eigenvalue weighted by molar-refractivity contribution is 5.60. The third-order valence-electron chi connectivity index (χ3n) is 5.70. The molecule has 0 N–H and O–H groups in total. The minimum absolute atomic E-state index is 0.432. The van der Waals surface area contributed by atoms with Gasteiger partial charge in [-0.05, 0) is 37.5 Å². The van der Waals surface area contributed by atoms with Gasteiger partial charge in [0.15, 0.2) is 11.9 Å². The quantitative estimate of drug-likeness (QED) is 0.745. The van der Waals surface area contributed by atoms with Gasteiger partial charge in [0.1, 0.15) is 0 Å². The van der Waals surface area contributed by atoms with E-state index in [2.05, 4.69) is 0 Å². The fourth-order valence-corrected chi connectivity index (χ4v) is 4.46. The molecule has 2 saturated carbocycles. The van der Waals surface area contributed by atoms with Crippen molar-refractivity contribution < 1.29 is 23.7 Å². The summed E-state index contributed by atoms with van der Waals surface area (Å²) < 4.78 is 21.7. The highest BCUT2D eigenvalue weighted by atomic mass is 16.8. The number of carbonyl (C=O) groups excluding carboxylic acids is 1. The van der Waals surface area contributed by atoms with Crippen LogP contribution in [0.1, 0.15) is 57.8 Å². The zero-order valence-electron chi connectivity index (χ0n) is 13.6. The summed E-state index contributed by atoms with van der Waals surface area (Å²) in [6.07, 6.45) is 9.62. The summed E-state index contributed by atoms with van der Waals surface area (Å²) >= 11 is 0. The Morgan fingerprint density at radius 2 is 1.55 bits per heavy atom. The second kappa shape index (κ2) is 7.18. The van der Waals surface area contributed by atoms with E-state index in [1.807, 2.05) is 0 Å². The highest BCUT2D eigenvalue weighted by Crippen LogP contribution is 2.45. The number of hydrogen-bond acceptors (Lipinski definition) is 5. The van der Waals surface area contributed by atoms with Crippen LogP contribution < -0.4 is 0 Å². The van der Waals surface area contributed by atoms with Crippen molar-refractivity contribution in [1.29, 1.82) is 0 Å². The molecule has 1 saturated heterocycles. The van der Waals surface area contributed by atoms with Crippen LogP contribution in [0.5, 0.6) is 0 Å². The largest absolute Gasteiger partial charge is 0.508 e. The summed E-state index contributed by atoms with van der Waals surface area (Å²) in [4.78, 5) is 11.7. The van der Waals surface area contributed by atoms with Crippen molar-refractivity contribution >= 4 is 6.16 Å². The highest BCUT2D eigenvalue weighted by Gasteiger charge is 2.49. The normalized spacial score (nSPS) is 34.5. The molecule has 0 aromatic carbocycles. The molecule has 0 radical (unpaired) electrons. The third-order valence-corrected chi connectivity index (χ3v) is 5.70. The minimum Gasteiger partial charge on any atom is -0.438 e. The smallest absolute Gasteiger partial charge is 0.438 e. The number of hydrogen-bond donors (Lipinski definition) is 0. The molecule has 3 fully saturated rings. The molecule has 0 amide bonds. The lowest BCUT2D eigenvalue weighted by atomic mass is 9.69. The van der Waals surface area contributed by atoms with E-state index < -0.39 is 18.0 Å². The monoisotopic (exact) mass is 312 g/mol. The Labute approximate surface area is 132 Å². The molecule has 22 heavy (non-hydrogen) atoms. The van der Waals surface area contributed by atoms with E-state index in [0.717, 1.165) is 37.5 Å². The summed E-state index contributed by atoms with van der Waals surface area (Å²) in [5, 5.41) is 0. The third kappa shape index (κ3) is 3.40. The zero-order chi connectivity index (χ0) is 15.4. The summed E-state index contributed by atoms with van der Waals surface area (Å²) in [6, 6.07) is 0. The summed E-state index contributed by atoms with van der Waals surface area (Å²) in [6.45, 7) is 1.14. The SMILES string of the molecule is COC(=O)OC1(C2OCCO2)CCC(C2CCCCC2)CC1. The van der Waals surface area contributed by atoms with Crippen molar-refractivity contribution in [2.24, 2.45) is 11.8 Å². The Morgan fingerprint density at radius 1 is 0.955 bits per heavy atom. The van der Waals surface area contributed by atoms with Gasteiger partial charge >= 0.3 is 6.16 Å². The average molecular weight is 312 g/mol. The summed E-state index contributed by atoms with van der Waals surface area (Å²) in [5.74, 6) is 1.62. The summed E-state index contributed by atoms with van der Waals surface area (Å²) in [5.41, 5.74) is -0.658. The van der Waals surface area contributed by atoms with Gasteiger partial charge in [0.2, 0.25) is 0 Å². The van der Waals surface area contributed by atoms with Crippen LogP contribution in [0, 0.1) is 11.8 Å². The van der Waals surface area contributed by atoms with Crippen molar-refractivity contribution in [2.45, 2.75) is 69.7 Å². The molecule has 1 heterocycles. The average Bonchev–Trinajstić information content (AvgIpc) is 3.11. The van der Waals surface area contributed by atoms with Crippen LogP contribution in [0.15, 0.2) is 0 Å². The van der Waals surface area contributed by atoms with Crippen LogP contribution >= 0.6 is 0 Å². The summed E-state index contributed by atoms with van der Waals surface area (Å²) in [7, 11) is 1.35. The number of ether oxygens (including phenoxy) is 4. The van der Waals surface area contributed by atoms with Gasteiger partial charge in [-0.2, -0.15) is 0 Å². The van der Waals surface area contributed by atoms with E-state index in [9.17, 15) is 4.79 Å². The van der Waals surface area contributed by atoms with Crippen LogP contribution in [-0.2, 0) is 18.9 Å². The van der Waals surface area contributed by atoms with Crippen molar-refractivity contribution in [3.63, 3.8) is 0 Å². The van der Waals surface area contributed by atoms with Gasteiger partial charge in [-0.15, -0.1) is 0 Å². The van der Waals surface area contributed by atoms with Crippen LogP contribution in [0.25, 0.3) is 0 Å². The number of methoxy groups -OCH3 is 1. The predicted molar refractivity (Wildman–Crippen MR) is 80.4 cm³/mol. The molecule has 0 atom stereocenters. The predicted octanol–water partition coefficient (Wildman–Crippen LogP) is 3.65. The molecule has 5 nitrogen and oxygen atoms in total. The second-order valence-corrected chi connectivity index (χ2v) is 6.93. The molecular formula is C17H28O5. The van der Waals surface area contributed by atoms with E-state index >= 15 is 0 Å². The van der Waals surface area contributed by atoms with Gasteiger partial charge in [0.25, 0.3) is 0 Å². The molecule has 2 aliphatic carbocycles. The minimum atomic E-state index is -0.658. The van der Waals surface area contributed by atoms with Gasteiger partial charge in [-0.3, -0.25) is 0 Å². The molecule has 0 aromatic rings. The fraction of sp³-hybridized carbons (Fsp3) is 0.941. The maximum Gasteiger partial charge on any atom is 0.508 e. The molecule has 0 bridgehead atoms. The van der Waals surface area contributed by atoms with Gasteiger partial charge < -0.3 is 18.9 Å². The molecule has 0 unspecified atom stereocenters. The Kier molecular flexibility index (Phi) is 5.24. The van der Waals surface area contributed by atoms with Gasteiger partial charge in [-0.25, -0.2) is 4.79 Å². The zero-order valence-corrected chi connectivity index (χ0v) is 13.6. The fourth-order valence-electron chi connectivity index (χ4n) is 4.46. The standard InChI is InChI=1S/C17H28O5/c1-19-16(18)22-17(15-20-11-12-21-15)9-7-14(8-10-17)13-5-3-2-4-6-13/h13-15H,2-12H2,1H3. The topological polar surface area (TPSA) is 54.0 Å². The Hall–Kier alpha value is -0.810. The van der Waals surface area contributed by atoms with E-state index in [1.165, 1.54) is 39.2 Å². The van der Waals surface area contributed by atoms with Crippen molar-refractivity contribution in [2.75, 3.05) is 20.3 Å². The molecule has 3 aliphatic rings. The Balaban J connectivity index is 1.63. The lowest BCUT2D eigenvalue weighted by Crippen LogP contribution is -2.50. The number of rotatable bonds is 3. The lowest BCUT2D eigenvalue weighted by Gasteiger charge is -2.43. The number of carbonyl (C=O) groups is 1. The Bertz CT molecular complexity index is 363. The first-order valence-electron chi connectivity index (χ1n) is 8.74. The van der Waals surface area contributed by atoms with Crippen LogP contribution in [0.2, 0.25) is 0 Å². The van der Waals surface area contributed by atoms with E-state index in [1.54, 1.807) is 0 Å². The van der Waals surface area contributed by atoms with Crippen molar-refractivity contribution in [3.8, 4) is 0 Å². The molecule has 5 heteroatoms. The first-order chi connectivity index (χ1) is 10.7. The van der Waals surface area contributed by atoms with Crippen molar-refractivity contribution in [1.82, 2.24) is 0 Å². The van der Waals surface area contributed by atoms with E-state index in [-0.39, 0.29) is 0 Å². The van der Waals surface area contributed by atoms with E-state index in [4.69, 9.17) is 18.9 Å². The molecule has 126 valence electrons.